The van der Waals surface area contributed by atoms with Gasteiger partial charge in [-0.3, -0.25) is 9.78 Å². The van der Waals surface area contributed by atoms with Gasteiger partial charge < -0.3 is 9.73 Å². The number of amides is 1. The minimum absolute atomic E-state index is 0.0338. The van der Waals surface area contributed by atoms with Crippen molar-refractivity contribution in [2.75, 3.05) is 0 Å². The molecular weight excluding hydrogens is 254 g/mol. The summed E-state index contributed by atoms with van der Waals surface area (Å²) in [6.45, 7) is 5.83. The van der Waals surface area contributed by atoms with Gasteiger partial charge in [0.1, 0.15) is 5.76 Å². The van der Waals surface area contributed by atoms with Crippen molar-refractivity contribution in [1.29, 1.82) is 0 Å². The molecule has 106 valence electrons. The van der Waals surface area contributed by atoms with Gasteiger partial charge in [0.15, 0.2) is 0 Å². The predicted octanol–water partition coefficient (Wildman–Crippen LogP) is 2.50. The maximum atomic E-state index is 11.9. The topological polar surface area (TPSA) is 68.0 Å². The van der Waals surface area contributed by atoms with E-state index < -0.39 is 0 Å². The quantitative estimate of drug-likeness (QED) is 0.908. The van der Waals surface area contributed by atoms with E-state index in [1.165, 1.54) is 0 Å². The summed E-state index contributed by atoms with van der Waals surface area (Å²) in [5.74, 6) is 1.14. The fourth-order valence-corrected chi connectivity index (χ4v) is 1.78. The highest BCUT2D eigenvalue weighted by Crippen LogP contribution is 2.20. The van der Waals surface area contributed by atoms with Crippen LogP contribution in [0.3, 0.4) is 0 Å². The molecule has 0 aliphatic heterocycles. The van der Waals surface area contributed by atoms with E-state index in [2.05, 4.69) is 15.3 Å². The summed E-state index contributed by atoms with van der Waals surface area (Å²) in [7, 11) is 0. The van der Waals surface area contributed by atoms with E-state index in [0.717, 1.165) is 12.0 Å². The van der Waals surface area contributed by atoms with Gasteiger partial charge in [0, 0.05) is 18.4 Å². The summed E-state index contributed by atoms with van der Waals surface area (Å²) in [5, 5.41) is 2.92. The van der Waals surface area contributed by atoms with Gasteiger partial charge in [-0.25, -0.2) is 4.98 Å². The molecule has 5 nitrogen and oxygen atoms in total. The normalized spacial score (nSPS) is 12.2. The first-order chi connectivity index (χ1) is 9.60. The molecule has 0 saturated carbocycles. The number of hydrogen-bond donors (Lipinski definition) is 1. The highest BCUT2D eigenvalue weighted by Gasteiger charge is 2.15. The Bertz CT molecular complexity index is 578. The molecule has 0 spiro atoms. The van der Waals surface area contributed by atoms with Crippen LogP contribution in [0.15, 0.2) is 28.9 Å². The fourth-order valence-electron chi connectivity index (χ4n) is 1.78. The number of pyridine rings is 1. The highest BCUT2D eigenvalue weighted by atomic mass is 16.4. The zero-order valence-electron chi connectivity index (χ0n) is 12.0. The van der Waals surface area contributed by atoms with Crippen molar-refractivity contribution in [3.05, 3.63) is 36.0 Å². The zero-order valence-corrected chi connectivity index (χ0v) is 12.0. The lowest BCUT2D eigenvalue weighted by atomic mass is 10.2. The van der Waals surface area contributed by atoms with Gasteiger partial charge in [-0.1, -0.05) is 6.92 Å². The molecule has 0 saturated heterocycles. The first kappa shape index (κ1) is 14.2. The number of aryl methyl sites for hydroxylation is 1. The van der Waals surface area contributed by atoms with E-state index in [1.54, 1.807) is 12.4 Å². The van der Waals surface area contributed by atoms with Crippen molar-refractivity contribution in [3.8, 4) is 11.5 Å². The Balaban J connectivity index is 2.10. The molecule has 0 radical (unpaired) electrons. The molecule has 1 unspecified atom stereocenters. The van der Waals surface area contributed by atoms with Gasteiger partial charge >= 0.3 is 0 Å². The largest absolute Gasteiger partial charge is 0.441 e. The van der Waals surface area contributed by atoms with Crippen molar-refractivity contribution < 1.29 is 9.21 Å². The third-order valence-corrected chi connectivity index (χ3v) is 3.15. The van der Waals surface area contributed by atoms with Crippen molar-refractivity contribution in [2.45, 2.75) is 39.7 Å². The van der Waals surface area contributed by atoms with E-state index in [4.69, 9.17) is 4.42 Å². The van der Waals surface area contributed by atoms with Gasteiger partial charge in [-0.05, 0) is 32.4 Å². The second-order valence-electron chi connectivity index (χ2n) is 4.82. The monoisotopic (exact) mass is 273 g/mol. The standard InChI is InChI=1S/C15H19N3O2/c1-4-10(2)17-14(19)8-13-11(3)20-15(18-13)12-6-5-7-16-9-12/h5-7,9-10H,4,8H2,1-3H3,(H,17,19). The van der Waals surface area contributed by atoms with Crippen LogP contribution in [-0.2, 0) is 11.2 Å². The molecular formula is C15H19N3O2. The van der Waals surface area contributed by atoms with Crippen LogP contribution in [0.4, 0.5) is 0 Å². The number of carbonyl (C=O) groups excluding carboxylic acids is 1. The van der Waals surface area contributed by atoms with Crippen LogP contribution in [0.2, 0.25) is 0 Å². The Morgan fingerprint density at radius 1 is 1.50 bits per heavy atom. The van der Waals surface area contributed by atoms with Crippen LogP contribution in [0.1, 0.15) is 31.7 Å². The molecule has 1 amide bonds. The van der Waals surface area contributed by atoms with E-state index in [9.17, 15) is 4.79 Å². The highest BCUT2D eigenvalue weighted by molar-refractivity contribution is 5.78. The molecule has 1 N–H and O–H groups in total. The smallest absolute Gasteiger partial charge is 0.228 e. The van der Waals surface area contributed by atoms with Crippen molar-refractivity contribution >= 4 is 5.91 Å². The Morgan fingerprint density at radius 3 is 2.95 bits per heavy atom. The molecule has 2 rings (SSSR count). The average molecular weight is 273 g/mol. The fraction of sp³-hybridized carbons (Fsp3) is 0.400. The van der Waals surface area contributed by atoms with Crippen LogP contribution >= 0.6 is 0 Å². The Labute approximate surface area is 118 Å². The van der Waals surface area contributed by atoms with Gasteiger partial charge in [0.05, 0.1) is 17.7 Å². The van der Waals surface area contributed by atoms with Crippen molar-refractivity contribution in [3.63, 3.8) is 0 Å². The predicted molar refractivity (Wildman–Crippen MR) is 76.1 cm³/mol. The van der Waals surface area contributed by atoms with E-state index in [0.29, 0.717) is 17.3 Å². The molecule has 0 aliphatic rings. The Kier molecular flexibility index (Phi) is 4.50. The first-order valence-corrected chi connectivity index (χ1v) is 6.76. The number of rotatable bonds is 5. The number of nitrogens with zero attached hydrogens (tertiary/aromatic N) is 2. The maximum absolute atomic E-state index is 11.9. The maximum Gasteiger partial charge on any atom is 0.228 e. The number of oxazole rings is 1. The zero-order chi connectivity index (χ0) is 14.5. The van der Waals surface area contributed by atoms with Crippen LogP contribution in [0.5, 0.6) is 0 Å². The lowest BCUT2D eigenvalue weighted by molar-refractivity contribution is -0.121. The summed E-state index contributed by atoms with van der Waals surface area (Å²) < 4.78 is 5.60. The van der Waals surface area contributed by atoms with Gasteiger partial charge in [0.25, 0.3) is 0 Å². The van der Waals surface area contributed by atoms with Gasteiger partial charge in [-0.2, -0.15) is 0 Å². The Hall–Kier alpha value is -2.17. The average Bonchev–Trinajstić information content (AvgIpc) is 2.81. The molecule has 0 aromatic carbocycles. The molecule has 0 aliphatic carbocycles. The first-order valence-electron chi connectivity index (χ1n) is 6.76. The summed E-state index contributed by atoms with van der Waals surface area (Å²) >= 11 is 0. The molecule has 0 fully saturated rings. The molecule has 2 aromatic heterocycles. The van der Waals surface area contributed by atoms with E-state index in [1.807, 2.05) is 32.9 Å². The summed E-state index contributed by atoms with van der Waals surface area (Å²) in [5.41, 5.74) is 1.48. The summed E-state index contributed by atoms with van der Waals surface area (Å²) in [4.78, 5) is 20.3. The molecule has 5 heteroatoms. The second-order valence-corrected chi connectivity index (χ2v) is 4.82. The number of aromatic nitrogens is 2. The minimum atomic E-state index is -0.0338. The number of hydrogen-bond acceptors (Lipinski definition) is 4. The van der Waals surface area contributed by atoms with Gasteiger partial charge in [0.2, 0.25) is 11.8 Å². The van der Waals surface area contributed by atoms with Crippen molar-refractivity contribution in [1.82, 2.24) is 15.3 Å². The molecule has 2 heterocycles. The van der Waals surface area contributed by atoms with Crippen LogP contribution in [0.25, 0.3) is 11.5 Å². The molecule has 2 aromatic rings. The van der Waals surface area contributed by atoms with Crippen LogP contribution in [-0.4, -0.2) is 21.9 Å². The van der Waals surface area contributed by atoms with Crippen LogP contribution < -0.4 is 5.32 Å². The lowest BCUT2D eigenvalue weighted by Gasteiger charge is -2.10. The number of nitrogens with one attached hydrogen (secondary N) is 1. The van der Waals surface area contributed by atoms with Crippen molar-refractivity contribution in [2.24, 2.45) is 0 Å². The van der Waals surface area contributed by atoms with E-state index >= 15 is 0 Å². The third kappa shape index (κ3) is 3.44. The summed E-state index contributed by atoms with van der Waals surface area (Å²) in [6.07, 6.45) is 4.53. The third-order valence-electron chi connectivity index (χ3n) is 3.15. The Morgan fingerprint density at radius 2 is 2.30 bits per heavy atom. The SMILES string of the molecule is CCC(C)NC(=O)Cc1nc(-c2cccnc2)oc1C. The van der Waals surface area contributed by atoms with E-state index in [-0.39, 0.29) is 18.4 Å². The molecule has 20 heavy (non-hydrogen) atoms. The van der Waals surface area contributed by atoms with Gasteiger partial charge in [-0.15, -0.1) is 0 Å². The molecule has 0 bridgehead atoms. The summed E-state index contributed by atoms with van der Waals surface area (Å²) in [6, 6.07) is 3.87. The minimum Gasteiger partial charge on any atom is -0.441 e. The lowest BCUT2D eigenvalue weighted by Crippen LogP contribution is -2.33. The van der Waals surface area contributed by atoms with Crippen LogP contribution in [0, 0.1) is 6.92 Å². The number of carbonyl (C=O) groups is 1. The molecule has 1 atom stereocenters. The second kappa shape index (κ2) is 6.32.